The second-order valence-corrected chi connectivity index (χ2v) is 4.16. The molecule has 0 bridgehead atoms. The minimum atomic E-state index is -0.297. The highest BCUT2D eigenvalue weighted by atomic mass is 35.5. The summed E-state index contributed by atoms with van der Waals surface area (Å²) >= 11 is 5.94. The maximum atomic E-state index is 13.0. The Kier molecular flexibility index (Phi) is 3.64. The first kappa shape index (κ1) is 11.9. The van der Waals surface area contributed by atoms with Crippen LogP contribution in [0.4, 0.5) is 10.1 Å². The van der Waals surface area contributed by atoms with Crippen molar-refractivity contribution in [3.05, 3.63) is 47.3 Å². The number of nitrogens with one attached hydrogen (secondary N) is 1. The Bertz CT molecular complexity index is 510. The molecule has 0 atom stereocenters. The molecule has 1 N–H and O–H groups in total. The Labute approximate surface area is 104 Å². The van der Waals surface area contributed by atoms with E-state index in [2.05, 4.69) is 10.3 Å². The summed E-state index contributed by atoms with van der Waals surface area (Å²) in [7, 11) is 1.94. The lowest BCUT2D eigenvalue weighted by Crippen LogP contribution is -2.09. The van der Waals surface area contributed by atoms with Crippen LogP contribution in [-0.2, 0) is 13.5 Å². The Morgan fingerprint density at radius 1 is 1.47 bits per heavy atom. The number of nitrogens with zero attached hydrogens (tertiary/aromatic N) is 2. The van der Waals surface area contributed by atoms with Crippen LogP contribution in [0.3, 0.4) is 0 Å². The molecule has 0 aliphatic heterocycles. The zero-order valence-corrected chi connectivity index (χ0v) is 10.2. The molecule has 2 rings (SSSR count). The quantitative estimate of drug-likeness (QED) is 0.908. The topological polar surface area (TPSA) is 29.9 Å². The van der Waals surface area contributed by atoms with E-state index in [-0.39, 0.29) is 5.82 Å². The van der Waals surface area contributed by atoms with E-state index < -0.39 is 0 Å². The van der Waals surface area contributed by atoms with Gasteiger partial charge in [-0.1, -0.05) is 11.6 Å². The van der Waals surface area contributed by atoms with E-state index in [9.17, 15) is 4.39 Å². The van der Waals surface area contributed by atoms with Crippen molar-refractivity contribution in [3.63, 3.8) is 0 Å². The molecule has 0 unspecified atom stereocenters. The van der Waals surface area contributed by atoms with Crippen molar-refractivity contribution in [2.24, 2.45) is 7.05 Å². The van der Waals surface area contributed by atoms with Crippen LogP contribution in [0.15, 0.2) is 30.6 Å². The first-order chi connectivity index (χ1) is 8.16. The van der Waals surface area contributed by atoms with Crippen molar-refractivity contribution in [1.82, 2.24) is 9.55 Å². The SMILES string of the molecule is Cn1ccnc1CCNc1cc(F)ccc1Cl. The van der Waals surface area contributed by atoms with Crippen LogP contribution in [-0.4, -0.2) is 16.1 Å². The second kappa shape index (κ2) is 5.19. The Hall–Kier alpha value is -1.55. The fraction of sp³-hybridized carbons (Fsp3) is 0.250. The molecule has 0 radical (unpaired) electrons. The number of benzene rings is 1. The first-order valence-electron chi connectivity index (χ1n) is 5.32. The molecule has 0 spiro atoms. The fourth-order valence-electron chi connectivity index (χ4n) is 1.58. The van der Waals surface area contributed by atoms with Gasteiger partial charge in [0.15, 0.2) is 0 Å². The van der Waals surface area contributed by atoms with Crippen molar-refractivity contribution in [2.45, 2.75) is 6.42 Å². The largest absolute Gasteiger partial charge is 0.383 e. The van der Waals surface area contributed by atoms with Crippen molar-refractivity contribution >= 4 is 17.3 Å². The third-order valence-electron chi connectivity index (χ3n) is 2.51. The van der Waals surface area contributed by atoms with Crippen LogP contribution in [0.2, 0.25) is 5.02 Å². The second-order valence-electron chi connectivity index (χ2n) is 3.76. The van der Waals surface area contributed by atoms with Gasteiger partial charge in [0.05, 0.1) is 10.7 Å². The lowest BCUT2D eigenvalue weighted by Gasteiger charge is -2.08. The van der Waals surface area contributed by atoms with Gasteiger partial charge in [0.2, 0.25) is 0 Å². The third kappa shape index (κ3) is 2.97. The van der Waals surface area contributed by atoms with E-state index in [1.807, 2.05) is 17.8 Å². The monoisotopic (exact) mass is 253 g/mol. The molecule has 0 saturated heterocycles. The number of hydrogen-bond donors (Lipinski definition) is 1. The Balaban J connectivity index is 1.94. The summed E-state index contributed by atoms with van der Waals surface area (Å²) in [5, 5.41) is 3.61. The third-order valence-corrected chi connectivity index (χ3v) is 2.84. The highest BCUT2D eigenvalue weighted by molar-refractivity contribution is 6.33. The lowest BCUT2D eigenvalue weighted by molar-refractivity contribution is 0.628. The maximum Gasteiger partial charge on any atom is 0.125 e. The molecule has 2 aromatic rings. The van der Waals surface area contributed by atoms with E-state index in [4.69, 9.17) is 11.6 Å². The number of rotatable bonds is 4. The average molecular weight is 254 g/mol. The van der Waals surface area contributed by atoms with Gasteiger partial charge in [0, 0.05) is 32.4 Å². The number of aromatic nitrogens is 2. The number of hydrogen-bond acceptors (Lipinski definition) is 2. The van der Waals surface area contributed by atoms with Crippen molar-refractivity contribution in [2.75, 3.05) is 11.9 Å². The number of imidazole rings is 1. The average Bonchev–Trinajstić information content (AvgIpc) is 2.70. The summed E-state index contributed by atoms with van der Waals surface area (Å²) in [6, 6.07) is 4.27. The van der Waals surface area contributed by atoms with Crippen LogP contribution in [0.5, 0.6) is 0 Å². The van der Waals surface area contributed by atoms with E-state index >= 15 is 0 Å². The van der Waals surface area contributed by atoms with Crippen LogP contribution < -0.4 is 5.32 Å². The summed E-state index contributed by atoms with van der Waals surface area (Å²) < 4.78 is 15.0. The molecule has 1 heterocycles. The molecule has 0 aliphatic carbocycles. The maximum absolute atomic E-state index is 13.0. The van der Waals surface area contributed by atoms with Gasteiger partial charge in [-0.05, 0) is 18.2 Å². The summed E-state index contributed by atoms with van der Waals surface area (Å²) in [6.45, 7) is 0.661. The zero-order valence-electron chi connectivity index (χ0n) is 9.45. The van der Waals surface area contributed by atoms with E-state index in [0.717, 1.165) is 12.2 Å². The molecule has 0 amide bonds. The molecular weight excluding hydrogens is 241 g/mol. The molecule has 1 aromatic carbocycles. The van der Waals surface area contributed by atoms with Gasteiger partial charge >= 0.3 is 0 Å². The zero-order chi connectivity index (χ0) is 12.3. The summed E-state index contributed by atoms with van der Waals surface area (Å²) in [5.74, 6) is 0.680. The fourth-order valence-corrected chi connectivity index (χ4v) is 1.76. The lowest BCUT2D eigenvalue weighted by atomic mass is 10.3. The van der Waals surface area contributed by atoms with Gasteiger partial charge < -0.3 is 9.88 Å². The highest BCUT2D eigenvalue weighted by Gasteiger charge is 2.03. The predicted octanol–water partition coefficient (Wildman–Crippen LogP) is 2.87. The molecule has 5 heteroatoms. The molecule has 90 valence electrons. The van der Waals surface area contributed by atoms with Crippen molar-refractivity contribution in [3.8, 4) is 0 Å². The highest BCUT2D eigenvalue weighted by Crippen LogP contribution is 2.22. The number of halogens is 2. The van der Waals surface area contributed by atoms with Gasteiger partial charge in [0.1, 0.15) is 11.6 Å². The van der Waals surface area contributed by atoms with Gasteiger partial charge in [-0.15, -0.1) is 0 Å². The normalized spacial score (nSPS) is 10.5. The van der Waals surface area contributed by atoms with Crippen molar-refractivity contribution < 1.29 is 4.39 Å². The van der Waals surface area contributed by atoms with E-state index in [0.29, 0.717) is 17.3 Å². The van der Waals surface area contributed by atoms with Crippen LogP contribution in [0, 0.1) is 5.82 Å². The minimum Gasteiger partial charge on any atom is -0.383 e. The molecule has 1 aromatic heterocycles. The van der Waals surface area contributed by atoms with Gasteiger partial charge in [-0.25, -0.2) is 9.37 Å². The molecule has 17 heavy (non-hydrogen) atoms. The smallest absolute Gasteiger partial charge is 0.125 e. The van der Waals surface area contributed by atoms with Gasteiger partial charge in [-0.2, -0.15) is 0 Å². The minimum absolute atomic E-state index is 0.297. The molecule has 0 saturated carbocycles. The Morgan fingerprint density at radius 3 is 3.00 bits per heavy atom. The van der Waals surface area contributed by atoms with E-state index in [1.165, 1.54) is 12.1 Å². The van der Waals surface area contributed by atoms with Crippen molar-refractivity contribution in [1.29, 1.82) is 0 Å². The van der Waals surface area contributed by atoms with Crippen LogP contribution >= 0.6 is 11.6 Å². The van der Waals surface area contributed by atoms with E-state index in [1.54, 1.807) is 12.3 Å². The molecular formula is C12H13ClFN3. The summed E-state index contributed by atoms with van der Waals surface area (Å²) in [4.78, 5) is 4.20. The molecule has 0 fully saturated rings. The van der Waals surface area contributed by atoms with Gasteiger partial charge in [-0.3, -0.25) is 0 Å². The summed E-state index contributed by atoms with van der Waals surface area (Å²) in [5.41, 5.74) is 0.612. The molecule has 3 nitrogen and oxygen atoms in total. The van der Waals surface area contributed by atoms with Crippen LogP contribution in [0.1, 0.15) is 5.82 Å². The van der Waals surface area contributed by atoms with Crippen LogP contribution in [0.25, 0.3) is 0 Å². The first-order valence-corrected chi connectivity index (χ1v) is 5.70. The number of aryl methyl sites for hydroxylation is 1. The predicted molar refractivity (Wildman–Crippen MR) is 66.8 cm³/mol. The standard InChI is InChI=1S/C12H13ClFN3/c1-17-7-6-16-12(17)4-5-15-11-8-9(14)2-3-10(11)13/h2-3,6-8,15H,4-5H2,1H3. The number of anilines is 1. The Morgan fingerprint density at radius 2 is 2.29 bits per heavy atom. The summed E-state index contributed by atoms with van der Waals surface area (Å²) in [6.07, 6.45) is 4.41. The molecule has 0 aliphatic rings. The van der Waals surface area contributed by atoms with Gasteiger partial charge in [0.25, 0.3) is 0 Å².